The zero-order chi connectivity index (χ0) is 10.7. The van der Waals surface area contributed by atoms with Gasteiger partial charge in [-0.15, -0.1) is 0 Å². The molecule has 0 aliphatic heterocycles. The number of carbonyl (C=O) groups is 1. The largest absolute Gasteiger partial charge is 0.293 e. The summed E-state index contributed by atoms with van der Waals surface area (Å²) < 4.78 is 26.2. The third-order valence-electron chi connectivity index (χ3n) is 1.56. The van der Waals surface area contributed by atoms with Crippen LogP contribution in [0, 0.1) is 23.0 Å². The summed E-state index contributed by atoms with van der Waals surface area (Å²) in [6.45, 7) is 0. The Morgan fingerprint density at radius 2 is 2.14 bits per heavy atom. The highest BCUT2D eigenvalue weighted by molar-refractivity contribution is 9.10. The summed E-state index contributed by atoms with van der Waals surface area (Å²) in [6.07, 6.45) is -0.537. The lowest BCUT2D eigenvalue weighted by Crippen LogP contribution is -2.05. The fourth-order valence-electron chi connectivity index (χ4n) is 0.943. The van der Waals surface area contributed by atoms with Crippen molar-refractivity contribution in [3.8, 4) is 6.07 Å². The van der Waals surface area contributed by atoms with Crippen molar-refractivity contribution in [1.82, 2.24) is 0 Å². The van der Waals surface area contributed by atoms with Gasteiger partial charge in [-0.1, -0.05) is 0 Å². The van der Waals surface area contributed by atoms with E-state index < -0.39 is 29.4 Å². The van der Waals surface area contributed by atoms with Crippen LogP contribution in [0.25, 0.3) is 0 Å². The Morgan fingerprint density at radius 1 is 1.50 bits per heavy atom. The predicted octanol–water partition coefficient (Wildman–Crippen LogP) is 2.82. The maximum absolute atomic E-state index is 13.2. The molecular weight excluding hydrogens is 256 g/mol. The molecule has 0 saturated heterocycles. The molecule has 0 unspecified atom stereocenters. The van der Waals surface area contributed by atoms with Gasteiger partial charge in [-0.25, -0.2) is 8.78 Å². The van der Waals surface area contributed by atoms with E-state index >= 15 is 0 Å². The molecule has 0 N–H and O–H groups in total. The summed E-state index contributed by atoms with van der Waals surface area (Å²) in [6, 6.07) is 3.67. The van der Waals surface area contributed by atoms with Gasteiger partial charge in [0, 0.05) is 0 Å². The molecule has 0 aliphatic rings. The van der Waals surface area contributed by atoms with Crippen LogP contribution in [0.1, 0.15) is 16.8 Å². The molecule has 72 valence electrons. The minimum atomic E-state index is -0.967. The number of carbonyl (C=O) groups excluding carboxylic acids is 1. The van der Waals surface area contributed by atoms with Crippen LogP contribution in [0.4, 0.5) is 8.78 Å². The van der Waals surface area contributed by atoms with Crippen molar-refractivity contribution >= 4 is 21.7 Å². The Hall–Kier alpha value is -1.28. The van der Waals surface area contributed by atoms with Crippen molar-refractivity contribution in [2.45, 2.75) is 6.42 Å². The molecule has 0 bridgehead atoms. The number of nitriles is 1. The van der Waals surface area contributed by atoms with Crippen LogP contribution in [0.3, 0.4) is 0 Å². The molecule has 0 aromatic heterocycles. The highest BCUT2D eigenvalue weighted by atomic mass is 79.9. The number of Topliss-reactive ketones (excluding diaryl/α,β-unsaturated/α-hetero) is 1. The first kappa shape index (κ1) is 10.8. The van der Waals surface area contributed by atoms with Crippen molar-refractivity contribution in [1.29, 1.82) is 5.26 Å². The van der Waals surface area contributed by atoms with Gasteiger partial charge in [-0.3, -0.25) is 4.79 Å². The standard InChI is InChI=1S/C9H4BrF2NO/c10-5-1-2-6(11)8(9(5)12)7(14)3-4-13/h1-2H,3H2. The van der Waals surface area contributed by atoms with Crippen LogP contribution in [0.5, 0.6) is 0 Å². The highest BCUT2D eigenvalue weighted by Crippen LogP contribution is 2.22. The summed E-state index contributed by atoms with van der Waals surface area (Å²) in [5.41, 5.74) is -0.666. The Labute approximate surface area is 87.3 Å². The number of benzene rings is 1. The molecule has 0 atom stereocenters. The molecule has 1 aromatic rings. The minimum absolute atomic E-state index is 0.000176. The van der Waals surface area contributed by atoms with Crippen LogP contribution in [-0.4, -0.2) is 5.78 Å². The zero-order valence-electron chi connectivity index (χ0n) is 6.85. The summed E-state index contributed by atoms with van der Waals surface area (Å²) >= 11 is 2.82. The van der Waals surface area contributed by atoms with E-state index in [4.69, 9.17) is 5.26 Å². The molecule has 14 heavy (non-hydrogen) atoms. The highest BCUT2D eigenvalue weighted by Gasteiger charge is 2.18. The summed E-state index contributed by atoms with van der Waals surface area (Å²) in [5, 5.41) is 8.22. The molecule has 0 aliphatic carbocycles. The second kappa shape index (κ2) is 4.29. The van der Waals surface area contributed by atoms with Crippen LogP contribution in [0.15, 0.2) is 16.6 Å². The lowest BCUT2D eigenvalue weighted by atomic mass is 10.1. The molecule has 0 radical (unpaired) electrons. The minimum Gasteiger partial charge on any atom is -0.293 e. The van der Waals surface area contributed by atoms with E-state index in [1.54, 1.807) is 6.07 Å². The van der Waals surface area contributed by atoms with Crippen molar-refractivity contribution in [3.05, 3.63) is 33.8 Å². The molecule has 2 nitrogen and oxygen atoms in total. The molecule has 1 aromatic carbocycles. The number of rotatable bonds is 2. The van der Waals surface area contributed by atoms with Crippen LogP contribution >= 0.6 is 15.9 Å². The Bertz CT molecular complexity index is 426. The quantitative estimate of drug-likeness (QED) is 0.606. The third kappa shape index (κ3) is 1.96. The third-order valence-corrected chi connectivity index (χ3v) is 2.17. The van der Waals surface area contributed by atoms with Crippen LogP contribution < -0.4 is 0 Å². The molecule has 0 fully saturated rings. The maximum Gasteiger partial charge on any atom is 0.182 e. The SMILES string of the molecule is N#CCC(=O)c1c(F)ccc(Br)c1F. The molecule has 0 saturated carbocycles. The molecule has 0 heterocycles. The van der Waals surface area contributed by atoms with Crippen molar-refractivity contribution < 1.29 is 13.6 Å². The zero-order valence-corrected chi connectivity index (χ0v) is 8.44. The van der Waals surface area contributed by atoms with Crippen LogP contribution in [0.2, 0.25) is 0 Å². The Balaban J connectivity index is 3.27. The van der Waals surface area contributed by atoms with Crippen molar-refractivity contribution in [2.75, 3.05) is 0 Å². The van der Waals surface area contributed by atoms with E-state index in [1.165, 1.54) is 0 Å². The predicted molar refractivity (Wildman–Crippen MR) is 48.6 cm³/mol. The number of hydrogen-bond donors (Lipinski definition) is 0. The molecular formula is C9H4BrF2NO. The van der Waals surface area contributed by atoms with Crippen molar-refractivity contribution in [2.24, 2.45) is 0 Å². The van der Waals surface area contributed by atoms with Gasteiger partial charge in [-0.2, -0.15) is 5.26 Å². The van der Waals surface area contributed by atoms with Gasteiger partial charge in [0.1, 0.15) is 5.82 Å². The number of nitrogens with zero attached hydrogens (tertiary/aromatic N) is 1. The normalized spacial score (nSPS) is 9.57. The lowest BCUT2D eigenvalue weighted by molar-refractivity contribution is 0.0989. The van der Waals surface area contributed by atoms with Gasteiger partial charge in [0.25, 0.3) is 0 Å². The summed E-state index contributed by atoms with van der Waals surface area (Å²) in [5.74, 6) is -2.78. The Morgan fingerprint density at radius 3 is 2.71 bits per heavy atom. The molecule has 1 rings (SSSR count). The van der Waals surface area contributed by atoms with E-state index in [0.29, 0.717) is 0 Å². The molecule has 0 amide bonds. The van der Waals surface area contributed by atoms with Crippen LogP contribution in [-0.2, 0) is 0 Å². The fourth-order valence-corrected chi connectivity index (χ4v) is 1.27. The first-order valence-corrected chi connectivity index (χ1v) is 4.41. The number of halogens is 3. The second-order valence-electron chi connectivity index (χ2n) is 2.48. The van der Waals surface area contributed by atoms with Gasteiger partial charge in [0.15, 0.2) is 11.6 Å². The van der Waals surface area contributed by atoms with E-state index in [2.05, 4.69) is 15.9 Å². The van der Waals surface area contributed by atoms with E-state index in [-0.39, 0.29) is 4.47 Å². The summed E-state index contributed by atoms with van der Waals surface area (Å²) in [4.78, 5) is 11.1. The van der Waals surface area contributed by atoms with Gasteiger partial charge in [0.05, 0.1) is 22.5 Å². The lowest BCUT2D eigenvalue weighted by Gasteiger charge is -2.02. The van der Waals surface area contributed by atoms with Crippen molar-refractivity contribution in [3.63, 3.8) is 0 Å². The first-order chi connectivity index (χ1) is 6.57. The second-order valence-corrected chi connectivity index (χ2v) is 3.33. The number of hydrogen-bond acceptors (Lipinski definition) is 2. The summed E-state index contributed by atoms with van der Waals surface area (Å²) in [7, 11) is 0. The monoisotopic (exact) mass is 259 g/mol. The molecule has 0 spiro atoms. The molecule has 5 heteroatoms. The maximum atomic E-state index is 13.2. The topological polar surface area (TPSA) is 40.9 Å². The first-order valence-electron chi connectivity index (χ1n) is 3.61. The Kier molecular flexibility index (Phi) is 3.31. The smallest absolute Gasteiger partial charge is 0.182 e. The van der Waals surface area contributed by atoms with Gasteiger partial charge < -0.3 is 0 Å². The van der Waals surface area contributed by atoms with E-state index in [1.807, 2.05) is 0 Å². The average molecular weight is 260 g/mol. The van der Waals surface area contributed by atoms with E-state index in [0.717, 1.165) is 12.1 Å². The van der Waals surface area contributed by atoms with Gasteiger partial charge in [-0.05, 0) is 28.1 Å². The number of ketones is 1. The van der Waals surface area contributed by atoms with Gasteiger partial charge in [0.2, 0.25) is 0 Å². The van der Waals surface area contributed by atoms with E-state index in [9.17, 15) is 13.6 Å². The van der Waals surface area contributed by atoms with Gasteiger partial charge >= 0.3 is 0 Å². The average Bonchev–Trinajstić information content (AvgIpc) is 2.13. The fraction of sp³-hybridized carbons (Fsp3) is 0.111.